The summed E-state index contributed by atoms with van der Waals surface area (Å²) in [7, 11) is 0. The largest absolute Gasteiger partial charge is 0.494 e. The highest BCUT2D eigenvalue weighted by Crippen LogP contribution is 2.26. The van der Waals surface area contributed by atoms with Crippen molar-refractivity contribution in [3.8, 4) is 29.4 Å². The van der Waals surface area contributed by atoms with Gasteiger partial charge in [0.25, 0.3) is 5.56 Å². The van der Waals surface area contributed by atoms with Crippen molar-refractivity contribution in [3.05, 3.63) is 50.7 Å². The van der Waals surface area contributed by atoms with Crippen molar-refractivity contribution in [2.45, 2.75) is 26.3 Å². The van der Waals surface area contributed by atoms with Crippen LogP contribution in [0.3, 0.4) is 0 Å². The lowest BCUT2D eigenvalue weighted by molar-refractivity contribution is 0.399. The predicted molar refractivity (Wildman–Crippen MR) is 81.2 cm³/mol. The Hall–Kier alpha value is -2.74. The standard InChI is InChI=1S/C16H16N2O3/c1-3-4-7-10-18-15(20)13(14(19)17-16(18)21)12-9-6-5-8-11(12)2/h1,5-6,8-9,20H,4,7,10H2,2H3,(H,17,19,21). The summed E-state index contributed by atoms with van der Waals surface area (Å²) in [6, 6.07) is 7.18. The van der Waals surface area contributed by atoms with Crippen molar-refractivity contribution < 1.29 is 5.11 Å². The number of aromatic hydroxyl groups is 1. The molecule has 21 heavy (non-hydrogen) atoms. The molecule has 5 heteroatoms. The van der Waals surface area contributed by atoms with Crippen molar-refractivity contribution in [1.82, 2.24) is 9.55 Å². The van der Waals surface area contributed by atoms with E-state index in [1.807, 2.05) is 19.1 Å². The molecule has 1 aromatic heterocycles. The van der Waals surface area contributed by atoms with Crippen LogP contribution in [-0.2, 0) is 6.54 Å². The molecule has 0 atom stereocenters. The van der Waals surface area contributed by atoms with Crippen LogP contribution in [0.1, 0.15) is 18.4 Å². The molecule has 0 saturated heterocycles. The fraction of sp³-hybridized carbons (Fsp3) is 0.250. The van der Waals surface area contributed by atoms with E-state index in [2.05, 4.69) is 10.9 Å². The highest BCUT2D eigenvalue weighted by molar-refractivity contribution is 5.70. The van der Waals surface area contributed by atoms with Crippen LogP contribution in [0.15, 0.2) is 33.9 Å². The second-order valence-corrected chi connectivity index (χ2v) is 4.73. The number of rotatable bonds is 4. The lowest BCUT2D eigenvalue weighted by Crippen LogP contribution is -2.31. The van der Waals surface area contributed by atoms with Crippen LogP contribution in [0.4, 0.5) is 0 Å². The third-order valence-corrected chi connectivity index (χ3v) is 3.29. The molecule has 5 nitrogen and oxygen atoms in total. The fourth-order valence-electron chi connectivity index (χ4n) is 2.20. The highest BCUT2D eigenvalue weighted by Gasteiger charge is 2.16. The molecule has 1 heterocycles. The Bertz CT molecular complexity index is 809. The monoisotopic (exact) mass is 284 g/mol. The van der Waals surface area contributed by atoms with E-state index >= 15 is 0 Å². The molecular weight excluding hydrogens is 268 g/mol. The number of H-pyrrole nitrogens is 1. The minimum Gasteiger partial charge on any atom is -0.494 e. The SMILES string of the molecule is C#CCCCn1c(O)c(-c2ccccc2C)c(=O)[nH]c1=O. The highest BCUT2D eigenvalue weighted by atomic mass is 16.3. The molecule has 0 saturated carbocycles. The van der Waals surface area contributed by atoms with Crippen LogP contribution < -0.4 is 11.2 Å². The van der Waals surface area contributed by atoms with E-state index in [0.717, 1.165) is 10.1 Å². The molecule has 0 amide bonds. The van der Waals surface area contributed by atoms with E-state index < -0.39 is 11.2 Å². The second-order valence-electron chi connectivity index (χ2n) is 4.73. The summed E-state index contributed by atoms with van der Waals surface area (Å²) in [6.07, 6.45) is 6.21. The molecule has 0 aliphatic heterocycles. The van der Waals surface area contributed by atoms with Gasteiger partial charge in [-0.1, -0.05) is 24.3 Å². The maximum atomic E-state index is 12.0. The average molecular weight is 284 g/mol. The number of hydrogen-bond donors (Lipinski definition) is 2. The molecule has 0 radical (unpaired) electrons. The normalized spacial score (nSPS) is 10.3. The van der Waals surface area contributed by atoms with Gasteiger partial charge < -0.3 is 5.11 Å². The van der Waals surface area contributed by atoms with Gasteiger partial charge in [-0.2, -0.15) is 0 Å². The zero-order chi connectivity index (χ0) is 15.4. The van der Waals surface area contributed by atoms with Crippen LogP contribution >= 0.6 is 0 Å². The van der Waals surface area contributed by atoms with Gasteiger partial charge in [0, 0.05) is 13.0 Å². The van der Waals surface area contributed by atoms with Gasteiger partial charge in [-0.05, 0) is 24.5 Å². The molecule has 1 aromatic carbocycles. The smallest absolute Gasteiger partial charge is 0.331 e. The number of nitrogens with zero attached hydrogens (tertiary/aromatic N) is 1. The fourth-order valence-corrected chi connectivity index (χ4v) is 2.20. The van der Waals surface area contributed by atoms with Crippen LogP contribution in [0.5, 0.6) is 5.88 Å². The average Bonchev–Trinajstić information content (AvgIpc) is 2.44. The minimum atomic E-state index is -0.633. The number of hydrogen-bond acceptors (Lipinski definition) is 3. The quantitative estimate of drug-likeness (QED) is 0.662. The first-order valence-corrected chi connectivity index (χ1v) is 6.61. The molecule has 2 N–H and O–H groups in total. The Morgan fingerprint density at radius 3 is 2.71 bits per heavy atom. The molecule has 0 bridgehead atoms. The van der Waals surface area contributed by atoms with Crippen molar-refractivity contribution in [2.24, 2.45) is 0 Å². The number of aryl methyl sites for hydroxylation is 1. The van der Waals surface area contributed by atoms with Gasteiger partial charge in [-0.15, -0.1) is 12.3 Å². The second kappa shape index (κ2) is 6.14. The molecule has 0 fully saturated rings. The van der Waals surface area contributed by atoms with E-state index in [9.17, 15) is 14.7 Å². The van der Waals surface area contributed by atoms with Crippen molar-refractivity contribution in [3.63, 3.8) is 0 Å². The first-order valence-electron chi connectivity index (χ1n) is 6.61. The van der Waals surface area contributed by atoms with Crippen LogP contribution in [0, 0.1) is 19.3 Å². The molecule has 0 spiro atoms. The van der Waals surface area contributed by atoms with Crippen LogP contribution in [-0.4, -0.2) is 14.7 Å². The van der Waals surface area contributed by atoms with E-state index in [0.29, 0.717) is 18.4 Å². The summed E-state index contributed by atoms with van der Waals surface area (Å²) in [5.41, 5.74) is 0.314. The molecule has 0 unspecified atom stereocenters. The summed E-state index contributed by atoms with van der Waals surface area (Å²) in [6.45, 7) is 2.09. The lowest BCUT2D eigenvalue weighted by atomic mass is 10.0. The van der Waals surface area contributed by atoms with Crippen LogP contribution in [0.25, 0.3) is 11.1 Å². The van der Waals surface area contributed by atoms with Gasteiger partial charge in [0.15, 0.2) is 0 Å². The summed E-state index contributed by atoms with van der Waals surface area (Å²) in [5.74, 6) is 2.15. The maximum Gasteiger partial charge on any atom is 0.331 e. The summed E-state index contributed by atoms with van der Waals surface area (Å²) < 4.78 is 1.14. The number of terminal acetylenes is 1. The van der Waals surface area contributed by atoms with Gasteiger partial charge >= 0.3 is 5.69 Å². The Balaban J connectivity index is 2.60. The molecule has 0 aliphatic rings. The third-order valence-electron chi connectivity index (χ3n) is 3.29. The van der Waals surface area contributed by atoms with Gasteiger partial charge in [-0.25, -0.2) is 4.79 Å². The van der Waals surface area contributed by atoms with Gasteiger partial charge in [0.05, 0.1) is 0 Å². The number of nitrogens with one attached hydrogen (secondary N) is 1. The Morgan fingerprint density at radius 2 is 2.05 bits per heavy atom. The Kier molecular flexibility index (Phi) is 4.29. The van der Waals surface area contributed by atoms with Crippen LogP contribution in [0.2, 0.25) is 0 Å². The molecule has 2 aromatic rings. The van der Waals surface area contributed by atoms with E-state index in [1.54, 1.807) is 12.1 Å². The van der Waals surface area contributed by atoms with Gasteiger partial charge in [0.1, 0.15) is 5.56 Å². The Morgan fingerprint density at radius 1 is 1.33 bits per heavy atom. The van der Waals surface area contributed by atoms with E-state index in [1.165, 1.54) is 0 Å². The van der Waals surface area contributed by atoms with Gasteiger partial charge in [0.2, 0.25) is 5.88 Å². The Labute approximate surface area is 121 Å². The number of aromatic nitrogens is 2. The van der Waals surface area contributed by atoms with E-state index in [4.69, 9.17) is 6.42 Å². The topological polar surface area (TPSA) is 75.1 Å². The molecule has 108 valence electrons. The van der Waals surface area contributed by atoms with Crippen molar-refractivity contribution in [2.75, 3.05) is 0 Å². The first kappa shape index (κ1) is 14.7. The van der Waals surface area contributed by atoms with Crippen molar-refractivity contribution >= 4 is 0 Å². The first-order chi connectivity index (χ1) is 10.1. The summed E-state index contributed by atoms with van der Waals surface area (Å²) in [5, 5.41) is 10.3. The molecule has 0 aliphatic carbocycles. The number of unbranched alkanes of at least 4 members (excludes halogenated alkanes) is 1. The van der Waals surface area contributed by atoms with E-state index in [-0.39, 0.29) is 18.0 Å². The summed E-state index contributed by atoms with van der Waals surface area (Å²) >= 11 is 0. The number of benzene rings is 1. The lowest BCUT2D eigenvalue weighted by Gasteiger charge is -2.12. The van der Waals surface area contributed by atoms with Gasteiger partial charge in [-0.3, -0.25) is 14.3 Å². The molecular formula is C16H16N2O3. The maximum absolute atomic E-state index is 12.0. The number of aromatic amines is 1. The molecule has 2 rings (SSSR count). The third kappa shape index (κ3) is 2.90. The predicted octanol–water partition coefficient (Wildman–Crippen LogP) is 1.63. The zero-order valence-corrected chi connectivity index (χ0v) is 11.7. The summed E-state index contributed by atoms with van der Waals surface area (Å²) in [4.78, 5) is 26.1. The minimum absolute atomic E-state index is 0.105. The van der Waals surface area contributed by atoms with Crippen molar-refractivity contribution in [1.29, 1.82) is 0 Å². The zero-order valence-electron chi connectivity index (χ0n) is 11.7.